The Morgan fingerprint density at radius 2 is 1.79 bits per heavy atom. The van der Waals surface area contributed by atoms with Crippen molar-refractivity contribution in [1.29, 1.82) is 5.26 Å². The summed E-state index contributed by atoms with van der Waals surface area (Å²) in [4.78, 5) is 0. The van der Waals surface area contributed by atoms with Gasteiger partial charge in [0.1, 0.15) is 5.82 Å². The van der Waals surface area contributed by atoms with Crippen LogP contribution in [0.15, 0.2) is 22.7 Å². The molecule has 1 nitrogen and oxygen atoms in total. The van der Waals surface area contributed by atoms with Crippen molar-refractivity contribution in [3.05, 3.63) is 34.1 Å². The number of benzene rings is 1. The predicted octanol–water partition coefficient (Wildman–Crippen LogP) is 5.38. The molecule has 0 amide bonds. The summed E-state index contributed by atoms with van der Waals surface area (Å²) in [6.45, 7) is 0. The molecule has 0 heterocycles. The standard InChI is InChI=1S/C16H19BrFN/c17-15-13(7-6-8-14(15)18)11-16(12-19)9-4-2-1-3-5-10-16/h6-8H,1-5,9-11H2. The maximum Gasteiger partial charge on any atom is 0.137 e. The van der Waals surface area contributed by atoms with Crippen molar-refractivity contribution in [2.24, 2.45) is 5.41 Å². The molecule has 2 rings (SSSR count). The first-order chi connectivity index (χ1) is 9.17. The molecule has 0 saturated heterocycles. The molecule has 3 heteroatoms. The molecule has 0 unspecified atom stereocenters. The molecule has 1 saturated carbocycles. The first kappa shape index (κ1) is 14.5. The van der Waals surface area contributed by atoms with Gasteiger partial charge in [0, 0.05) is 0 Å². The Balaban J connectivity index is 2.21. The Morgan fingerprint density at radius 3 is 2.42 bits per heavy atom. The van der Waals surface area contributed by atoms with E-state index in [4.69, 9.17) is 0 Å². The van der Waals surface area contributed by atoms with Gasteiger partial charge in [-0.2, -0.15) is 5.26 Å². The zero-order chi connectivity index (χ0) is 13.7. The maximum absolute atomic E-state index is 13.6. The molecule has 19 heavy (non-hydrogen) atoms. The van der Waals surface area contributed by atoms with E-state index in [2.05, 4.69) is 22.0 Å². The van der Waals surface area contributed by atoms with Crippen LogP contribution >= 0.6 is 15.9 Å². The lowest BCUT2D eigenvalue weighted by Crippen LogP contribution is -2.23. The van der Waals surface area contributed by atoms with Crippen LogP contribution in [0.5, 0.6) is 0 Å². The summed E-state index contributed by atoms with van der Waals surface area (Å²) in [7, 11) is 0. The Bertz CT molecular complexity index is 470. The van der Waals surface area contributed by atoms with Gasteiger partial charge in [-0.1, -0.05) is 44.2 Å². The number of nitrogens with zero attached hydrogens (tertiary/aromatic N) is 1. The molecule has 1 fully saturated rings. The highest BCUT2D eigenvalue weighted by molar-refractivity contribution is 9.10. The van der Waals surface area contributed by atoms with Crippen LogP contribution in [0, 0.1) is 22.6 Å². The van der Waals surface area contributed by atoms with Crippen LogP contribution in [-0.2, 0) is 6.42 Å². The number of halogens is 2. The average Bonchev–Trinajstić information content (AvgIpc) is 2.38. The van der Waals surface area contributed by atoms with E-state index in [9.17, 15) is 9.65 Å². The normalized spacial score (nSPS) is 19.2. The van der Waals surface area contributed by atoms with E-state index >= 15 is 0 Å². The second-order valence-corrected chi connectivity index (χ2v) is 6.34. The minimum Gasteiger partial charge on any atom is -0.206 e. The summed E-state index contributed by atoms with van der Waals surface area (Å²) >= 11 is 3.31. The predicted molar refractivity (Wildman–Crippen MR) is 78.2 cm³/mol. The number of rotatable bonds is 2. The number of nitriles is 1. The van der Waals surface area contributed by atoms with Gasteiger partial charge in [-0.05, 0) is 46.8 Å². The second-order valence-electron chi connectivity index (χ2n) is 5.55. The van der Waals surface area contributed by atoms with Gasteiger partial charge in [-0.3, -0.25) is 0 Å². The lowest BCUT2D eigenvalue weighted by atomic mass is 9.73. The summed E-state index contributed by atoms with van der Waals surface area (Å²) in [5.41, 5.74) is 0.610. The fraction of sp³-hybridized carbons (Fsp3) is 0.562. The molecule has 1 aromatic carbocycles. The average molecular weight is 324 g/mol. The van der Waals surface area contributed by atoms with Crippen LogP contribution in [0.4, 0.5) is 4.39 Å². The van der Waals surface area contributed by atoms with E-state index in [1.54, 1.807) is 6.07 Å². The van der Waals surface area contributed by atoms with Crippen molar-refractivity contribution in [1.82, 2.24) is 0 Å². The molecule has 0 radical (unpaired) electrons. The Morgan fingerprint density at radius 1 is 1.16 bits per heavy atom. The monoisotopic (exact) mass is 323 g/mol. The maximum atomic E-state index is 13.6. The molecule has 0 aromatic heterocycles. The Hall–Kier alpha value is -0.880. The third-order valence-electron chi connectivity index (χ3n) is 4.11. The molecule has 0 aliphatic heterocycles. The molecule has 0 atom stereocenters. The number of hydrogen-bond acceptors (Lipinski definition) is 1. The van der Waals surface area contributed by atoms with Crippen LogP contribution in [0.2, 0.25) is 0 Å². The fourth-order valence-electron chi connectivity index (χ4n) is 2.96. The Labute approximate surface area is 123 Å². The highest BCUT2D eigenvalue weighted by atomic mass is 79.9. The van der Waals surface area contributed by atoms with Crippen molar-refractivity contribution in [2.75, 3.05) is 0 Å². The lowest BCUT2D eigenvalue weighted by molar-refractivity contribution is 0.286. The molecule has 1 aliphatic rings. The first-order valence-corrected chi connectivity index (χ1v) is 7.80. The SMILES string of the molecule is N#CC1(Cc2cccc(F)c2Br)CCCCCCC1. The highest BCUT2D eigenvalue weighted by Gasteiger charge is 2.31. The Kier molecular flexibility index (Phi) is 4.99. The lowest BCUT2D eigenvalue weighted by Gasteiger charge is -2.29. The van der Waals surface area contributed by atoms with Crippen LogP contribution in [-0.4, -0.2) is 0 Å². The van der Waals surface area contributed by atoms with Gasteiger partial charge >= 0.3 is 0 Å². The smallest absolute Gasteiger partial charge is 0.137 e. The van der Waals surface area contributed by atoms with Crippen molar-refractivity contribution in [3.63, 3.8) is 0 Å². The zero-order valence-electron chi connectivity index (χ0n) is 11.1. The summed E-state index contributed by atoms with van der Waals surface area (Å²) < 4.78 is 14.1. The molecule has 1 aliphatic carbocycles. The highest BCUT2D eigenvalue weighted by Crippen LogP contribution is 2.38. The minimum atomic E-state index is -0.309. The van der Waals surface area contributed by atoms with Crippen molar-refractivity contribution in [3.8, 4) is 6.07 Å². The molecule has 102 valence electrons. The van der Waals surface area contributed by atoms with E-state index in [-0.39, 0.29) is 11.2 Å². The van der Waals surface area contributed by atoms with E-state index in [1.807, 2.05) is 6.07 Å². The number of hydrogen-bond donors (Lipinski definition) is 0. The summed E-state index contributed by atoms with van der Waals surface area (Å²) in [5, 5.41) is 9.62. The van der Waals surface area contributed by atoms with Crippen molar-refractivity contribution in [2.45, 2.75) is 51.4 Å². The van der Waals surface area contributed by atoms with Crippen molar-refractivity contribution >= 4 is 15.9 Å². The van der Waals surface area contributed by atoms with E-state index < -0.39 is 0 Å². The summed E-state index contributed by atoms with van der Waals surface area (Å²) in [6, 6.07) is 7.63. The summed E-state index contributed by atoms with van der Waals surface area (Å²) in [5.74, 6) is -0.239. The van der Waals surface area contributed by atoms with Crippen LogP contribution < -0.4 is 0 Å². The van der Waals surface area contributed by atoms with Crippen LogP contribution in [0.1, 0.15) is 50.5 Å². The van der Waals surface area contributed by atoms with E-state index in [0.717, 1.165) is 31.2 Å². The van der Waals surface area contributed by atoms with Gasteiger partial charge in [0.2, 0.25) is 0 Å². The largest absolute Gasteiger partial charge is 0.206 e. The first-order valence-electron chi connectivity index (χ1n) is 7.01. The minimum absolute atomic E-state index is 0.239. The molecular formula is C16H19BrFN. The molecule has 1 aromatic rings. The summed E-state index contributed by atoms with van der Waals surface area (Å²) in [6.07, 6.45) is 8.47. The van der Waals surface area contributed by atoms with E-state index in [1.165, 1.54) is 25.3 Å². The topological polar surface area (TPSA) is 23.8 Å². The van der Waals surface area contributed by atoms with Crippen molar-refractivity contribution < 1.29 is 4.39 Å². The molecule has 0 N–H and O–H groups in total. The molecular weight excluding hydrogens is 305 g/mol. The zero-order valence-corrected chi connectivity index (χ0v) is 12.7. The second kappa shape index (κ2) is 6.52. The third kappa shape index (κ3) is 3.57. The van der Waals surface area contributed by atoms with Gasteiger partial charge in [-0.15, -0.1) is 0 Å². The molecule has 0 bridgehead atoms. The quantitative estimate of drug-likeness (QED) is 0.716. The van der Waals surface area contributed by atoms with Gasteiger partial charge in [0.05, 0.1) is 16.0 Å². The third-order valence-corrected chi connectivity index (χ3v) is 5.00. The van der Waals surface area contributed by atoms with Gasteiger partial charge in [-0.25, -0.2) is 4.39 Å². The van der Waals surface area contributed by atoms with Gasteiger partial charge in [0.15, 0.2) is 0 Å². The van der Waals surface area contributed by atoms with Gasteiger partial charge < -0.3 is 0 Å². The van der Waals surface area contributed by atoms with Crippen LogP contribution in [0.3, 0.4) is 0 Å². The fourth-order valence-corrected chi connectivity index (χ4v) is 3.36. The van der Waals surface area contributed by atoms with Gasteiger partial charge in [0.25, 0.3) is 0 Å². The molecule has 0 spiro atoms. The van der Waals surface area contributed by atoms with E-state index in [0.29, 0.717) is 10.9 Å². The van der Waals surface area contributed by atoms with Crippen LogP contribution in [0.25, 0.3) is 0 Å².